The summed E-state index contributed by atoms with van der Waals surface area (Å²) in [5.41, 5.74) is 6.44. The van der Waals surface area contributed by atoms with Crippen molar-refractivity contribution >= 4 is 11.7 Å². The minimum absolute atomic E-state index is 0.0705. The first-order valence-corrected chi connectivity index (χ1v) is 18.2. The monoisotopic (exact) mass is 713 g/mol. The summed E-state index contributed by atoms with van der Waals surface area (Å²) in [5.74, 6) is 0.822. The van der Waals surface area contributed by atoms with Crippen LogP contribution in [0.15, 0.2) is 140 Å². The second-order valence-electron chi connectivity index (χ2n) is 13.4. The summed E-state index contributed by atoms with van der Waals surface area (Å²) in [6.45, 7) is 2.26. The number of amides is 1. The third-order valence-electron chi connectivity index (χ3n) is 10.1. The van der Waals surface area contributed by atoms with Gasteiger partial charge >= 0.3 is 0 Å². The maximum atomic E-state index is 13.3. The fraction of sp³-hybridized carbons (Fsp3) is 0.182. The van der Waals surface area contributed by atoms with Crippen molar-refractivity contribution < 1.29 is 14.7 Å². The topological polar surface area (TPSA) is 119 Å². The highest BCUT2D eigenvalue weighted by molar-refractivity contribution is 6.11. The van der Waals surface area contributed by atoms with E-state index in [1.165, 1.54) is 4.90 Å². The molecular weight excluding hydrogens is 675 g/mol. The Morgan fingerprint density at radius 3 is 1.87 bits per heavy atom. The molecule has 5 aromatic carbocycles. The van der Waals surface area contributed by atoms with Crippen LogP contribution >= 0.6 is 0 Å². The number of ketones is 1. The van der Waals surface area contributed by atoms with Gasteiger partial charge in [0.25, 0.3) is 5.91 Å². The van der Waals surface area contributed by atoms with Gasteiger partial charge in [-0.15, -0.1) is 5.10 Å². The number of benzene rings is 5. The Kier molecular flexibility index (Phi) is 9.50. The third kappa shape index (κ3) is 6.00. The van der Waals surface area contributed by atoms with Gasteiger partial charge in [0.05, 0.1) is 13.2 Å². The molecule has 1 amide bonds. The fourth-order valence-electron chi connectivity index (χ4n) is 7.67. The van der Waals surface area contributed by atoms with Gasteiger partial charge in [-0.1, -0.05) is 146 Å². The zero-order chi connectivity index (χ0) is 37.1. The van der Waals surface area contributed by atoms with Gasteiger partial charge < -0.3 is 14.6 Å². The molecule has 54 heavy (non-hydrogen) atoms. The van der Waals surface area contributed by atoms with Gasteiger partial charge in [-0.3, -0.25) is 9.59 Å². The molecule has 0 saturated carbocycles. The van der Waals surface area contributed by atoms with E-state index in [4.69, 9.17) is 10.3 Å². The highest BCUT2D eigenvalue weighted by atomic mass is 16.3. The molecular formula is C44H39N7O3. The molecule has 10 nitrogen and oxygen atoms in total. The average molecular weight is 714 g/mol. The molecule has 2 aromatic heterocycles. The molecule has 10 heteroatoms. The van der Waals surface area contributed by atoms with Gasteiger partial charge in [0.15, 0.2) is 11.5 Å². The number of nitrogens with zero attached hydrogens (tertiary/aromatic N) is 7. The van der Waals surface area contributed by atoms with Crippen LogP contribution in [0.3, 0.4) is 0 Å². The Hall–Kier alpha value is -6.52. The molecule has 0 unspecified atom stereocenters. The standard InChI is InChI=1S/C44H39N7O3/c1-2-14-39-45-40-41(38(53)30-49(27-28-52)43(40)54)50(39)29-31-23-25-32(26-24-31)36-21-12-13-22-37(36)42-46-47-48-51(42)44(33-15-6-3-7-16-33,34-17-8-4-9-18-34)35-19-10-5-11-20-35/h3-13,15-26,52H,2,14,27-30H2,1H3. The highest BCUT2D eigenvalue weighted by Crippen LogP contribution is 2.43. The molecule has 1 N–H and O–H groups in total. The van der Waals surface area contributed by atoms with Crippen molar-refractivity contribution in [3.63, 3.8) is 0 Å². The number of Topliss-reactive ketones (excluding diaryl/α,β-unsaturated/α-hetero) is 1. The molecule has 3 heterocycles. The number of carbonyl (C=O) groups excluding carboxylic acids is 2. The quantitative estimate of drug-likeness (QED) is 0.141. The normalized spacial score (nSPS) is 13.0. The van der Waals surface area contributed by atoms with Crippen molar-refractivity contribution in [1.82, 2.24) is 34.7 Å². The number of hydrogen-bond donors (Lipinski definition) is 1. The lowest BCUT2D eigenvalue weighted by molar-refractivity contribution is 0.0642. The molecule has 0 aliphatic carbocycles. The van der Waals surface area contributed by atoms with Crippen molar-refractivity contribution in [3.05, 3.63) is 179 Å². The Balaban J connectivity index is 1.20. The van der Waals surface area contributed by atoms with E-state index >= 15 is 0 Å². The van der Waals surface area contributed by atoms with Crippen molar-refractivity contribution in [2.45, 2.75) is 31.8 Å². The number of tetrazole rings is 1. The van der Waals surface area contributed by atoms with Crippen LogP contribution in [0.2, 0.25) is 0 Å². The SMILES string of the molecule is CCCc1nc2c(n1Cc1ccc(-c3ccccc3-c3nnnn3C(c3ccccc3)(c3ccccc3)c3ccccc3)cc1)C(=O)CN(CCO)C2=O. The van der Waals surface area contributed by atoms with Gasteiger partial charge in [-0.2, -0.15) is 0 Å². The van der Waals surface area contributed by atoms with E-state index in [0.717, 1.165) is 45.4 Å². The van der Waals surface area contributed by atoms with Gasteiger partial charge in [0, 0.05) is 25.1 Å². The average Bonchev–Trinajstić information content (AvgIpc) is 3.85. The van der Waals surface area contributed by atoms with E-state index in [1.54, 1.807) is 0 Å². The second kappa shape index (κ2) is 14.8. The number of aryl methyl sites for hydroxylation is 1. The number of β-amino-alcohol motifs (C(OH)–C–C–N with tert-alkyl or cyclic N) is 1. The van der Waals surface area contributed by atoms with Gasteiger partial charge in [0.2, 0.25) is 5.78 Å². The fourth-order valence-corrected chi connectivity index (χ4v) is 7.67. The predicted molar refractivity (Wildman–Crippen MR) is 206 cm³/mol. The molecule has 0 bridgehead atoms. The molecule has 0 spiro atoms. The highest BCUT2D eigenvalue weighted by Gasteiger charge is 2.42. The lowest BCUT2D eigenvalue weighted by Crippen LogP contribution is -2.43. The van der Waals surface area contributed by atoms with E-state index in [9.17, 15) is 14.7 Å². The summed E-state index contributed by atoms with van der Waals surface area (Å²) in [7, 11) is 0. The smallest absolute Gasteiger partial charge is 0.275 e. The molecule has 0 radical (unpaired) electrons. The molecule has 7 aromatic rings. The minimum atomic E-state index is -0.895. The van der Waals surface area contributed by atoms with E-state index in [-0.39, 0.29) is 37.1 Å². The third-order valence-corrected chi connectivity index (χ3v) is 10.1. The van der Waals surface area contributed by atoms with Gasteiger partial charge in [0.1, 0.15) is 17.1 Å². The van der Waals surface area contributed by atoms with Crippen LogP contribution < -0.4 is 0 Å². The number of aromatic nitrogens is 6. The van der Waals surface area contributed by atoms with E-state index in [2.05, 4.69) is 70.9 Å². The summed E-state index contributed by atoms with van der Waals surface area (Å²) in [4.78, 5) is 32.6. The molecule has 0 saturated heterocycles. The van der Waals surface area contributed by atoms with Gasteiger partial charge in [-0.25, -0.2) is 9.67 Å². The lowest BCUT2D eigenvalue weighted by atomic mass is 9.77. The van der Waals surface area contributed by atoms with Crippen LogP contribution in [0.25, 0.3) is 22.5 Å². The van der Waals surface area contributed by atoms with E-state index in [0.29, 0.717) is 30.3 Å². The zero-order valence-corrected chi connectivity index (χ0v) is 29.9. The van der Waals surface area contributed by atoms with E-state index < -0.39 is 5.54 Å². The predicted octanol–water partition coefficient (Wildman–Crippen LogP) is 6.68. The number of aliphatic hydroxyl groups is 1. The second-order valence-corrected chi connectivity index (χ2v) is 13.4. The van der Waals surface area contributed by atoms with Crippen LogP contribution in [0.4, 0.5) is 0 Å². The molecule has 0 fully saturated rings. The Labute approximate surface area is 313 Å². The van der Waals surface area contributed by atoms with Crippen molar-refractivity contribution in [2.75, 3.05) is 19.7 Å². The summed E-state index contributed by atoms with van der Waals surface area (Å²) in [5, 5.41) is 23.2. The maximum absolute atomic E-state index is 13.3. The van der Waals surface area contributed by atoms with Crippen LogP contribution in [-0.2, 0) is 18.5 Å². The molecule has 1 aliphatic rings. The largest absolute Gasteiger partial charge is 0.395 e. The van der Waals surface area contributed by atoms with Crippen LogP contribution in [0, 0.1) is 0 Å². The summed E-state index contributed by atoms with van der Waals surface area (Å²) in [6, 6.07) is 47.4. The maximum Gasteiger partial charge on any atom is 0.275 e. The number of rotatable bonds is 12. The number of fused-ring (bicyclic) bond motifs is 1. The van der Waals surface area contributed by atoms with Crippen molar-refractivity contribution in [1.29, 1.82) is 0 Å². The molecule has 268 valence electrons. The Morgan fingerprint density at radius 2 is 1.30 bits per heavy atom. The summed E-state index contributed by atoms with van der Waals surface area (Å²) < 4.78 is 3.83. The molecule has 1 aliphatic heterocycles. The Bertz CT molecular complexity index is 2310. The van der Waals surface area contributed by atoms with Crippen molar-refractivity contribution in [2.24, 2.45) is 0 Å². The number of hydrogen-bond acceptors (Lipinski definition) is 7. The van der Waals surface area contributed by atoms with Gasteiger partial charge in [-0.05, 0) is 50.2 Å². The first-order valence-electron chi connectivity index (χ1n) is 18.2. The summed E-state index contributed by atoms with van der Waals surface area (Å²) in [6.07, 6.45) is 1.44. The van der Waals surface area contributed by atoms with Crippen LogP contribution in [0.1, 0.15) is 62.4 Å². The Morgan fingerprint density at radius 1 is 0.722 bits per heavy atom. The van der Waals surface area contributed by atoms with Crippen LogP contribution in [-0.4, -0.2) is 71.2 Å². The molecule has 8 rings (SSSR count). The zero-order valence-electron chi connectivity index (χ0n) is 29.9. The minimum Gasteiger partial charge on any atom is -0.395 e. The number of aliphatic hydroxyl groups excluding tert-OH is 1. The summed E-state index contributed by atoms with van der Waals surface area (Å²) >= 11 is 0. The van der Waals surface area contributed by atoms with Crippen LogP contribution in [0.5, 0.6) is 0 Å². The van der Waals surface area contributed by atoms with Crippen molar-refractivity contribution in [3.8, 4) is 22.5 Å². The molecule has 0 atom stereocenters. The first-order chi connectivity index (χ1) is 26.5. The van der Waals surface area contributed by atoms with E-state index in [1.807, 2.05) is 95.0 Å². The lowest BCUT2D eigenvalue weighted by Gasteiger charge is -2.36. The number of carbonyl (C=O) groups is 2. The number of imidazole rings is 1. The first kappa shape index (κ1) is 34.6.